The molecule has 0 aromatic heterocycles. The van der Waals surface area contributed by atoms with Crippen molar-refractivity contribution in [1.82, 2.24) is 4.90 Å². The standard InChI is InChI=1S/C13H15BrF3N/c14-11-6-10(7-12(15)8-11)2-5-18-4-1-3-13(16,17)9-18/h6-8H,1-5,9H2. The molecule has 0 bridgehead atoms. The van der Waals surface area contributed by atoms with Crippen LogP contribution in [0.2, 0.25) is 0 Å². The van der Waals surface area contributed by atoms with E-state index in [2.05, 4.69) is 15.9 Å². The van der Waals surface area contributed by atoms with Crippen molar-refractivity contribution in [2.24, 2.45) is 0 Å². The fourth-order valence-corrected chi connectivity index (χ4v) is 2.79. The average Bonchev–Trinajstić information content (AvgIpc) is 2.24. The van der Waals surface area contributed by atoms with Gasteiger partial charge in [-0.2, -0.15) is 0 Å². The summed E-state index contributed by atoms with van der Waals surface area (Å²) in [5.74, 6) is -2.87. The number of piperidine rings is 1. The number of halogens is 4. The minimum atomic E-state index is -2.57. The van der Waals surface area contributed by atoms with Crippen LogP contribution < -0.4 is 0 Å². The molecule has 100 valence electrons. The molecule has 0 saturated carbocycles. The monoisotopic (exact) mass is 321 g/mol. The summed E-state index contributed by atoms with van der Waals surface area (Å²) in [5.41, 5.74) is 0.829. The number of benzene rings is 1. The second-order valence-electron chi connectivity index (χ2n) is 4.76. The van der Waals surface area contributed by atoms with Crippen molar-refractivity contribution in [2.45, 2.75) is 25.2 Å². The normalized spacial score (nSPS) is 20.0. The SMILES string of the molecule is Fc1cc(Br)cc(CCN2CCCC(F)(F)C2)c1. The van der Waals surface area contributed by atoms with Crippen LogP contribution in [0.15, 0.2) is 22.7 Å². The minimum Gasteiger partial charge on any atom is -0.297 e. The molecule has 0 amide bonds. The predicted molar refractivity (Wildman–Crippen MR) is 68.4 cm³/mol. The van der Waals surface area contributed by atoms with Gasteiger partial charge in [-0.05, 0) is 43.1 Å². The Bertz CT molecular complexity index is 402. The maximum Gasteiger partial charge on any atom is 0.260 e. The van der Waals surface area contributed by atoms with Crippen LogP contribution in [-0.4, -0.2) is 30.5 Å². The van der Waals surface area contributed by atoms with Gasteiger partial charge in [0.15, 0.2) is 0 Å². The van der Waals surface area contributed by atoms with Crippen molar-refractivity contribution in [1.29, 1.82) is 0 Å². The second-order valence-corrected chi connectivity index (χ2v) is 5.68. The van der Waals surface area contributed by atoms with E-state index in [0.29, 0.717) is 30.4 Å². The van der Waals surface area contributed by atoms with Crippen LogP contribution in [0.1, 0.15) is 18.4 Å². The van der Waals surface area contributed by atoms with Crippen LogP contribution in [0.25, 0.3) is 0 Å². The molecular formula is C13H15BrF3N. The van der Waals surface area contributed by atoms with Crippen molar-refractivity contribution in [3.05, 3.63) is 34.1 Å². The minimum absolute atomic E-state index is 0.0188. The van der Waals surface area contributed by atoms with Gasteiger partial charge in [-0.3, -0.25) is 4.90 Å². The van der Waals surface area contributed by atoms with Crippen molar-refractivity contribution < 1.29 is 13.2 Å². The maximum absolute atomic E-state index is 13.2. The van der Waals surface area contributed by atoms with E-state index in [9.17, 15) is 13.2 Å². The molecule has 0 spiro atoms. The van der Waals surface area contributed by atoms with Crippen LogP contribution in [0.5, 0.6) is 0 Å². The zero-order chi connectivity index (χ0) is 13.2. The fourth-order valence-electron chi connectivity index (χ4n) is 2.28. The highest BCUT2D eigenvalue weighted by Crippen LogP contribution is 2.26. The molecule has 1 aromatic rings. The Morgan fingerprint density at radius 2 is 2.06 bits per heavy atom. The Kier molecular flexibility index (Phi) is 4.33. The van der Waals surface area contributed by atoms with Crippen LogP contribution in [-0.2, 0) is 6.42 Å². The topological polar surface area (TPSA) is 3.24 Å². The van der Waals surface area contributed by atoms with Crippen molar-refractivity contribution in [2.75, 3.05) is 19.6 Å². The molecule has 1 aliphatic heterocycles. The van der Waals surface area contributed by atoms with E-state index in [1.165, 1.54) is 12.1 Å². The molecule has 0 radical (unpaired) electrons. The molecule has 0 unspecified atom stereocenters. The molecule has 18 heavy (non-hydrogen) atoms. The molecule has 0 N–H and O–H groups in total. The van der Waals surface area contributed by atoms with E-state index in [-0.39, 0.29) is 18.8 Å². The first kappa shape index (κ1) is 13.9. The van der Waals surface area contributed by atoms with E-state index in [1.54, 1.807) is 4.90 Å². The van der Waals surface area contributed by atoms with Gasteiger partial charge in [0, 0.05) is 17.4 Å². The molecule has 0 aliphatic carbocycles. The number of nitrogens with zero attached hydrogens (tertiary/aromatic N) is 1. The molecule has 5 heteroatoms. The smallest absolute Gasteiger partial charge is 0.260 e. The third-order valence-electron chi connectivity index (χ3n) is 3.11. The number of alkyl halides is 2. The summed E-state index contributed by atoms with van der Waals surface area (Å²) in [7, 11) is 0. The fraction of sp³-hybridized carbons (Fsp3) is 0.538. The predicted octanol–water partition coefficient (Wildman–Crippen LogP) is 3.86. The number of hydrogen-bond acceptors (Lipinski definition) is 1. The molecular weight excluding hydrogens is 307 g/mol. The Morgan fingerprint density at radius 1 is 1.28 bits per heavy atom. The molecule has 1 fully saturated rings. The summed E-state index contributed by atoms with van der Waals surface area (Å²) in [6.45, 7) is 1.07. The quantitative estimate of drug-likeness (QED) is 0.817. The third kappa shape index (κ3) is 3.99. The van der Waals surface area contributed by atoms with Gasteiger partial charge in [0.1, 0.15) is 5.82 Å². The van der Waals surface area contributed by atoms with Crippen LogP contribution in [0.4, 0.5) is 13.2 Å². The van der Waals surface area contributed by atoms with Crippen LogP contribution in [0.3, 0.4) is 0 Å². The molecule has 0 atom stereocenters. The highest BCUT2D eigenvalue weighted by Gasteiger charge is 2.34. The van der Waals surface area contributed by atoms with Gasteiger partial charge >= 0.3 is 0 Å². The Labute approximate surface area is 113 Å². The molecule has 1 saturated heterocycles. The zero-order valence-electron chi connectivity index (χ0n) is 9.93. The average molecular weight is 322 g/mol. The van der Waals surface area contributed by atoms with Crippen molar-refractivity contribution in [3.8, 4) is 0 Å². The zero-order valence-corrected chi connectivity index (χ0v) is 11.5. The van der Waals surface area contributed by atoms with E-state index in [0.717, 1.165) is 5.56 Å². The van der Waals surface area contributed by atoms with Crippen LogP contribution in [0, 0.1) is 5.82 Å². The van der Waals surface area contributed by atoms with E-state index in [4.69, 9.17) is 0 Å². The lowest BCUT2D eigenvalue weighted by Crippen LogP contribution is -2.43. The first-order chi connectivity index (χ1) is 8.44. The second kappa shape index (κ2) is 5.61. The third-order valence-corrected chi connectivity index (χ3v) is 3.57. The lowest BCUT2D eigenvalue weighted by Gasteiger charge is -2.32. The number of rotatable bonds is 3. The first-order valence-corrected chi connectivity index (χ1v) is 6.79. The Hall–Kier alpha value is -0.550. The van der Waals surface area contributed by atoms with Gasteiger partial charge in [-0.1, -0.05) is 15.9 Å². The van der Waals surface area contributed by atoms with E-state index < -0.39 is 5.92 Å². The molecule has 2 rings (SSSR count). The van der Waals surface area contributed by atoms with Gasteiger partial charge in [-0.15, -0.1) is 0 Å². The first-order valence-electron chi connectivity index (χ1n) is 6.00. The largest absolute Gasteiger partial charge is 0.297 e. The van der Waals surface area contributed by atoms with E-state index in [1.807, 2.05) is 6.07 Å². The lowest BCUT2D eigenvalue weighted by atomic mass is 10.1. The van der Waals surface area contributed by atoms with Gasteiger partial charge in [0.05, 0.1) is 6.54 Å². The molecule has 1 aromatic carbocycles. The summed E-state index contributed by atoms with van der Waals surface area (Å²) < 4.78 is 40.2. The summed E-state index contributed by atoms with van der Waals surface area (Å²) in [6.07, 6.45) is 1.10. The van der Waals surface area contributed by atoms with Gasteiger partial charge in [0.2, 0.25) is 0 Å². The van der Waals surface area contributed by atoms with E-state index >= 15 is 0 Å². The summed E-state index contributed by atoms with van der Waals surface area (Å²) in [5, 5.41) is 0. The summed E-state index contributed by atoms with van der Waals surface area (Å²) in [6, 6.07) is 4.66. The highest BCUT2D eigenvalue weighted by atomic mass is 79.9. The number of hydrogen-bond donors (Lipinski definition) is 0. The Balaban J connectivity index is 1.91. The highest BCUT2D eigenvalue weighted by molar-refractivity contribution is 9.10. The van der Waals surface area contributed by atoms with Crippen molar-refractivity contribution in [3.63, 3.8) is 0 Å². The van der Waals surface area contributed by atoms with Gasteiger partial charge < -0.3 is 0 Å². The summed E-state index contributed by atoms with van der Waals surface area (Å²) >= 11 is 3.22. The lowest BCUT2D eigenvalue weighted by molar-refractivity contribution is -0.0635. The maximum atomic E-state index is 13.2. The summed E-state index contributed by atoms with van der Waals surface area (Å²) in [4.78, 5) is 1.75. The molecule has 1 nitrogen and oxygen atoms in total. The van der Waals surface area contributed by atoms with Crippen molar-refractivity contribution >= 4 is 15.9 Å². The van der Waals surface area contributed by atoms with Gasteiger partial charge in [-0.25, -0.2) is 13.2 Å². The van der Waals surface area contributed by atoms with Crippen LogP contribution >= 0.6 is 15.9 Å². The van der Waals surface area contributed by atoms with Gasteiger partial charge in [0.25, 0.3) is 5.92 Å². The number of likely N-dealkylation sites (tertiary alicyclic amines) is 1. The molecule has 1 aliphatic rings. The molecule has 1 heterocycles. The Morgan fingerprint density at radius 3 is 2.72 bits per heavy atom.